The summed E-state index contributed by atoms with van der Waals surface area (Å²) in [6, 6.07) is 4.69. The molecule has 1 heterocycles. The van der Waals surface area contributed by atoms with E-state index in [1.54, 1.807) is 6.07 Å². The molecule has 2 aliphatic rings. The van der Waals surface area contributed by atoms with Crippen molar-refractivity contribution >= 4 is 17.9 Å². The maximum absolute atomic E-state index is 14.4. The highest BCUT2D eigenvalue weighted by Crippen LogP contribution is 2.54. The number of amides is 3. The Labute approximate surface area is 209 Å². The number of nitrogens with zero attached hydrogens (tertiary/aromatic N) is 2. The zero-order valence-electron chi connectivity index (χ0n) is 20.6. The Morgan fingerprint density at radius 1 is 1.20 bits per heavy atom. The molecule has 0 atom stereocenters. The summed E-state index contributed by atoms with van der Waals surface area (Å²) in [7, 11) is 1.43. The number of likely N-dealkylation sites (N-methyl/N-ethyl adjacent to an activating group) is 1. The van der Waals surface area contributed by atoms with Gasteiger partial charge in [-0.3, -0.25) is 9.59 Å². The number of hydrogen-bond donors (Lipinski definition) is 1. The van der Waals surface area contributed by atoms with Crippen LogP contribution >= 0.6 is 0 Å². The van der Waals surface area contributed by atoms with E-state index in [-0.39, 0.29) is 31.7 Å². The molecule has 0 radical (unpaired) electrons. The molecule has 0 bridgehead atoms. The van der Waals surface area contributed by atoms with Crippen molar-refractivity contribution in [3.63, 3.8) is 0 Å². The standard InChI is InChI=1S/C26H38FN3O4.CH4/c1-18(2)34-25(33)30-12-10-26(11-13-30)15-20(16-26)7-5-4-6-19-8-9-21(22(27)14-19)24(32)29(3)17-23(28)31;/h8-9,14,18,20H,4-7,10-13,15-17H2,1-3H3,(H2,28,31);1H4. The maximum Gasteiger partial charge on any atom is 0.410 e. The van der Waals surface area contributed by atoms with Gasteiger partial charge in [-0.15, -0.1) is 0 Å². The van der Waals surface area contributed by atoms with Gasteiger partial charge in [0.15, 0.2) is 0 Å². The second kappa shape index (κ2) is 12.4. The second-order valence-electron chi connectivity index (χ2n) is 10.4. The van der Waals surface area contributed by atoms with Gasteiger partial charge in [-0.05, 0) is 81.4 Å². The van der Waals surface area contributed by atoms with Crippen LogP contribution in [0.4, 0.5) is 9.18 Å². The molecule has 3 rings (SSSR count). The van der Waals surface area contributed by atoms with Crippen molar-refractivity contribution in [2.24, 2.45) is 17.1 Å². The predicted octanol–water partition coefficient (Wildman–Crippen LogP) is 4.77. The molecule has 2 N–H and O–H groups in total. The first kappa shape index (κ1) is 28.6. The number of benzene rings is 1. The van der Waals surface area contributed by atoms with E-state index >= 15 is 0 Å². The number of rotatable bonds is 9. The first-order chi connectivity index (χ1) is 16.1. The minimum absolute atomic E-state index is 0. The summed E-state index contributed by atoms with van der Waals surface area (Å²) >= 11 is 0. The molecule has 1 aromatic carbocycles. The van der Waals surface area contributed by atoms with E-state index in [1.807, 2.05) is 18.7 Å². The predicted molar refractivity (Wildman–Crippen MR) is 134 cm³/mol. The van der Waals surface area contributed by atoms with E-state index in [0.29, 0.717) is 5.41 Å². The second-order valence-corrected chi connectivity index (χ2v) is 10.4. The Kier molecular flexibility index (Phi) is 10.1. The minimum atomic E-state index is -0.637. The Morgan fingerprint density at radius 2 is 1.86 bits per heavy atom. The number of hydrogen-bond acceptors (Lipinski definition) is 4. The Hall–Kier alpha value is -2.64. The molecule has 2 fully saturated rings. The summed E-state index contributed by atoms with van der Waals surface area (Å²) in [6.45, 7) is 5.09. The van der Waals surface area contributed by atoms with Crippen LogP contribution in [-0.4, -0.2) is 60.5 Å². The summed E-state index contributed by atoms with van der Waals surface area (Å²) in [5, 5.41) is 0. The van der Waals surface area contributed by atoms with Gasteiger partial charge in [-0.2, -0.15) is 0 Å². The Bertz CT molecular complexity index is 888. The van der Waals surface area contributed by atoms with Crippen LogP contribution in [-0.2, 0) is 16.0 Å². The first-order valence-corrected chi connectivity index (χ1v) is 12.4. The van der Waals surface area contributed by atoms with Crippen LogP contribution in [0.15, 0.2) is 18.2 Å². The van der Waals surface area contributed by atoms with Crippen LogP contribution in [0.3, 0.4) is 0 Å². The van der Waals surface area contributed by atoms with Crippen LogP contribution in [0.5, 0.6) is 0 Å². The molecule has 196 valence electrons. The van der Waals surface area contributed by atoms with Crippen molar-refractivity contribution < 1.29 is 23.5 Å². The summed E-state index contributed by atoms with van der Waals surface area (Å²) in [5.74, 6) is -1.01. The van der Waals surface area contributed by atoms with Crippen LogP contribution in [0.25, 0.3) is 0 Å². The largest absolute Gasteiger partial charge is 0.447 e. The van der Waals surface area contributed by atoms with Crippen LogP contribution < -0.4 is 5.73 Å². The van der Waals surface area contributed by atoms with Crippen molar-refractivity contribution in [1.29, 1.82) is 0 Å². The molecule has 1 saturated heterocycles. The van der Waals surface area contributed by atoms with E-state index in [9.17, 15) is 18.8 Å². The fourth-order valence-corrected chi connectivity index (χ4v) is 5.38. The third kappa shape index (κ3) is 7.67. The Morgan fingerprint density at radius 3 is 2.43 bits per heavy atom. The lowest BCUT2D eigenvalue weighted by Gasteiger charge is -2.52. The number of aryl methyl sites for hydroxylation is 1. The quantitative estimate of drug-likeness (QED) is 0.504. The number of piperidine rings is 1. The van der Waals surface area contributed by atoms with E-state index in [0.717, 1.165) is 61.6 Å². The van der Waals surface area contributed by atoms with Crippen molar-refractivity contribution in [1.82, 2.24) is 9.80 Å². The summed E-state index contributed by atoms with van der Waals surface area (Å²) in [4.78, 5) is 38.3. The summed E-state index contributed by atoms with van der Waals surface area (Å²) in [5.41, 5.74) is 6.34. The molecular formula is C27H42FN3O4. The van der Waals surface area contributed by atoms with E-state index in [4.69, 9.17) is 10.5 Å². The van der Waals surface area contributed by atoms with Crippen LogP contribution in [0.1, 0.15) is 82.1 Å². The molecule has 0 unspecified atom stereocenters. The van der Waals surface area contributed by atoms with Gasteiger partial charge in [0.25, 0.3) is 5.91 Å². The van der Waals surface area contributed by atoms with Crippen molar-refractivity contribution in [2.45, 2.75) is 78.7 Å². The number of ether oxygens (including phenoxy) is 1. The van der Waals surface area contributed by atoms with Gasteiger partial charge >= 0.3 is 6.09 Å². The van der Waals surface area contributed by atoms with E-state index in [2.05, 4.69) is 0 Å². The summed E-state index contributed by atoms with van der Waals surface area (Å²) < 4.78 is 19.8. The molecule has 1 aromatic rings. The van der Waals surface area contributed by atoms with Gasteiger partial charge in [0.2, 0.25) is 5.91 Å². The van der Waals surface area contributed by atoms with Crippen LogP contribution in [0.2, 0.25) is 0 Å². The summed E-state index contributed by atoms with van der Waals surface area (Å²) in [6.07, 6.45) is 8.37. The van der Waals surface area contributed by atoms with E-state index in [1.165, 1.54) is 38.4 Å². The lowest BCUT2D eigenvalue weighted by atomic mass is 9.56. The van der Waals surface area contributed by atoms with Crippen molar-refractivity contribution in [3.8, 4) is 0 Å². The van der Waals surface area contributed by atoms with Gasteiger partial charge in [-0.25, -0.2) is 9.18 Å². The molecule has 1 aliphatic heterocycles. The highest BCUT2D eigenvalue weighted by Gasteiger charge is 2.45. The molecule has 3 amide bonds. The average molecular weight is 492 g/mol. The molecule has 1 saturated carbocycles. The number of carbonyl (C=O) groups excluding carboxylic acids is 3. The lowest BCUT2D eigenvalue weighted by Crippen LogP contribution is -2.49. The third-order valence-electron chi connectivity index (χ3n) is 7.19. The fourth-order valence-electron chi connectivity index (χ4n) is 5.38. The fraction of sp³-hybridized carbons (Fsp3) is 0.667. The highest BCUT2D eigenvalue weighted by atomic mass is 19.1. The number of likely N-dealkylation sites (tertiary alicyclic amines) is 1. The van der Waals surface area contributed by atoms with Gasteiger partial charge in [0.05, 0.1) is 18.2 Å². The zero-order chi connectivity index (χ0) is 24.9. The normalized spacial score (nSPS) is 17.0. The van der Waals surface area contributed by atoms with Gasteiger partial charge in [-0.1, -0.05) is 26.3 Å². The molecule has 8 heteroatoms. The molecular weight excluding hydrogens is 449 g/mol. The highest BCUT2D eigenvalue weighted by molar-refractivity contribution is 5.96. The molecule has 7 nitrogen and oxygen atoms in total. The van der Waals surface area contributed by atoms with Gasteiger partial charge in [0, 0.05) is 20.1 Å². The molecule has 35 heavy (non-hydrogen) atoms. The zero-order valence-corrected chi connectivity index (χ0v) is 20.6. The third-order valence-corrected chi connectivity index (χ3v) is 7.19. The van der Waals surface area contributed by atoms with E-state index < -0.39 is 17.6 Å². The molecule has 0 aromatic heterocycles. The Balaban J connectivity index is 0.00000432. The molecule has 1 spiro atoms. The number of primary amides is 1. The van der Waals surface area contributed by atoms with Crippen molar-refractivity contribution in [2.75, 3.05) is 26.7 Å². The minimum Gasteiger partial charge on any atom is -0.447 e. The topological polar surface area (TPSA) is 92.9 Å². The number of nitrogens with two attached hydrogens (primary N) is 1. The smallest absolute Gasteiger partial charge is 0.410 e. The monoisotopic (exact) mass is 491 g/mol. The van der Waals surface area contributed by atoms with Crippen LogP contribution in [0, 0.1) is 17.2 Å². The maximum atomic E-state index is 14.4. The number of carbonyl (C=O) groups is 3. The van der Waals surface area contributed by atoms with Gasteiger partial charge < -0.3 is 20.3 Å². The van der Waals surface area contributed by atoms with Crippen molar-refractivity contribution in [3.05, 3.63) is 35.1 Å². The molecule has 1 aliphatic carbocycles. The SMILES string of the molecule is C.CC(C)OC(=O)N1CCC2(CC1)CC(CCCCc1ccc(C(=O)N(C)CC(N)=O)c(F)c1)C2. The number of halogens is 1. The lowest BCUT2D eigenvalue weighted by molar-refractivity contribution is -0.118. The first-order valence-electron chi connectivity index (χ1n) is 12.4. The van der Waals surface area contributed by atoms with Gasteiger partial charge in [0.1, 0.15) is 5.82 Å². The average Bonchev–Trinajstić information content (AvgIpc) is 2.74. The number of unbranched alkanes of at least 4 members (excludes halogenated alkanes) is 1.